The summed E-state index contributed by atoms with van der Waals surface area (Å²) in [5, 5.41) is 10.1. The third kappa shape index (κ3) is 3.67. The topological polar surface area (TPSA) is 66.8 Å². The van der Waals surface area contributed by atoms with Gasteiger partial charge in [-0.2, -0.15) is 4.39 Å². The van der Waals surface area contributed by atoms with Crippen LogP contribution in [-0.4, -0.2) is 40.8 Å². The summed E-state index contributed by atoms with van der Waals surface area (Å²) in [4.78, 5) is 25.6. The highest BCUT2D eigenvalue weighted by Crippen LogP contribution is 2.42. The second-order valence-electron chi connectivity index (χ2n) is 7.55. The Hall–Kier alpha value is -2.15. The fourth-order valence-corrected chi connectivity index (χ4v) is 4.42. The van der Waals surface area contributed by atoms with Crippen molar-refractivity contribution in [1.82, 2.24) is 4.90 Å². The average molecular weight is 379 g/mol. The van der Waals surface area contributed by atoms with Crippen LogP contribution in [0.5, 0.6) is 0 Å². The van der Waals surface area contributed by atoms with Gasteiger partial charge in [-0.1, -0.05) is 18.2 Å². The van der Waals surface area contributed by atoms with Gasteiger partial charge in [0.25, 0.3) is 0 Å². The normalized spacial score (nSPS) is 21.0. The molecule has 2 atom stereocenters. The van der Waals surface area contributed by atoms with Crippen molar-refractivity contribution in [3.05, 3.63) is 35.0 Å². The molecule has 0 spiro atoms. The first kappa shape index (κ1) is 18.6. The zero-order valence-electron chi connectivity index (χ0n) is 15.0. The van der Waals surface area contributed by atoms with E-state index in [-0.39, 0.29) is 11.7 Å². The van der Waals surface area contributed by atoms with Gasteiger partial charge in [0.05, 0.1) is 5.92 Å². The predicted octanol–water partition coefficient (Wildman–Crippen LogP) is 4.47. The molecule has 1 amide bonds. The van der Waals surface area contributed by atoms with Crippen molar-refractivity contribution in [3.8, 4) is 0 Å². The molecule has 0 radical (unpaired) electrons. The number of thiophene rings is 1. The number of piperidine rings is 1. The largest absolute Gasteiger partial charge is 0.481 e. The minimum atomic E-state index is -1.03. The fraction of sp³-hybridized carbons (Fsp3) is 0.474. The summed E-state index contributed by atoms with van der Waals surface area (Å²) in [6, 6.07) is 7.31. The third-order valence-corrected chi connectivity index (χ3v) is 5.52. The molecule has 2 heterocycles. The Bertz CT molecular complexity index is 842. The lowest BCUT2D eigenvalue weighted by molar-refractivity contribution is -0.144. The van der Waals surface area contributed by atoms with Crippen LogP contribution >= 0.6 is 11.3 Å². The van der Waals surface area contributed by atoms with Crippen LogP contribution in [0.3, 0.4) is 0 Å². The SMILES string of the molecule is CC(C)(C)OC(=O)N1CC[C@H](c2c(F)sc3ccccc23)[C@@H](C(=O)O)C1. The van der Waals surface area contributed by atoms with Crippen LogP contribution in [0.25, 0.3) is 10.1 Å². The molecule has 0 bridgehead atoms. The van der Waals surface area contributed by atoms with Gasteiger partial charge in [0.15, 0.2) is 5.13 Å². The van der Waals surface area contributed by atoms with Crippen molar-refractivity contribution in [1.29, 1.82) is 0 Å². The first-order valence-corrected chi connectivity index (χ1v) is 9.36. The first-order valence-electron chi connectivity index (χ1n) is 8.55. The number of halogens is 1. The number of carbonyl (C=O) groups is 2. The molecule has 0 saturated carbocycles. The van der Waals surface area contributed by atoms with Crippen LogP contribution in [-0.2, 0) is 9.53 Å². The van der Waals surface area contributed by atoms with Crippen molar-refractivity contribution in [2.24, 2.45) is 5.92 Å². The summed E-state index contributed by atoms with van der Waals surface area (Å²) in [7, 11) is 0. The number of carboxylic acids is 1. The summed E-state index contributed by atoms with van der Waals surface area (Å²) in [6.07, 6.45) is -0.147. The van der Waals surface area contributed by atoms with E-state index in [2.05, 4.69) is 0 Å². The van der Waals surface area contributed by atoms with E-state index in [1.54, 1.807) is 20.8 Å². The van der Waals surface area contributed by atoms with Gasteiger partial charge in [-0.3, -0.25) is 4.79 Å². The van der Waals surface area contributed by atoms with Gasteiger partial charge < -0.3 is 14.7 Å². The summed E-state index contributed by atoms with van der Waals surface area (Å²) in [5.74, 6) is -2.37. The molecule has 2 aromatic rings. The van der Waals surface area contributed by atoms with E-state index in [1.807, 2.05) is 24.3 Å². The molecular formula is C19H22FNO4S. The van der Waals surface area contributed by atoms with Crippen LogP contribution in [0.4, 0.5) is 9.18 Å². The molecule has 5 nitrogen and oxygen atoms in total. The maximum absolute atomic E-state index is 14.6. The van der Waals surface area contributed by atoms with E-state index in [1.165, 1.54) is 4.90 Å². The van der Waals surface area contributed by atoms with Gasteiger partial charge in [-0.15, -0.1) is 11.3 Å². The number of ether oxygens (including phenoxy) is 1. The van der Waals surface area contributed by atoms with E-state index >= 15 is 0 Å². The second kappa shape index (κ2) is 6.87. The molecule has 3 rings (SSSR count). The number of aliphatic carboxylic acids is 1. The number of rotatable bonds is 2. The minimum Gasteiger partial charge on any atom is -0.481 e. The van der Waals surface area contributed by atoms with E-state index in [0.717, 1.165) is 21.4 Å². The Morgan fingerprint density at radius 2 is 2.00 bits per heavy atom. The van der Waals surface area contributed by atoms with Gasteiger partial charge in [-0.05, 0) is 38.6 Å². The van der Waals surface area contributed by atoms with Crippen LogP contribution < -0.4 is 0 Å². The standard InChI is InChI=1S/C19H22FNO4S/c1-19(2,3)25-18(24)21-9-8-11(13(10-21)17(22)23)15-12-6-4-5-7-14(12)26-16(15)20/h4-7,11,13H,8-10H2,1-3H3,(H,22,23)/t11-,13-/m0/s1. The maximum atomic E-state index is 14.6. The van der Waals surface area contributed by atoms with Gasteiger partial charge in [0, 0.05) is 29.3 Å². The summed E-state index contributed by atoms with van der Waals surface area (Å²) in [6.45, 7) is 5.64. The monoisotopic (exact) mass is 379 g/mol. The fourth-order valence-electron chi connectivity index (χ4n) is 3.42. The van der Waals surface area contributed by atoms with Gasteiger partial charge in [-0.25, -0.2) is 4.79 Å². The lowest BCUT2D eigenvalue weighted by atomic mass is 9.80. The number of amides is 1. The molecule has 1 fully saturated rings. The smallest absolute Gasteiger partial charge is 0.410 e. The number of likely N-dealkylation sites (tertiary alicyclic amines) is 1. The summed E-state index contributed by atoms with van der Waals surface area (Å²) in [5.41, 5.74) is -0.190. The summed E-state index contributed by atoms with van der Waals surface area (Å²) < 4.78 is 20.8. The van der Waals surface area contributed by atoms with Gasteiger partial charge in [0.2, 0.25) is 0 Å². The highest BCUT2D eigenvalue weighted by molar-refractivity contribution is 7.17. The zero-order valence-corrected chi connectivity index (χ0v) is 15.8. The lowest BCUT2D eigenvalue weighted by Crippen LogP contribution is -2.47. The Morgan fingerprint density at radius 3 is 2.65 bits per heavy atom. The molecule has 1 N–H and O–H groups in total. The Labute approximate surface area is 155 Å². The van der Waals surface area contributed by atoms with E-state index in [4.69, 9.17) is 4.74 Å². The molecule has 0 unspecified atom stereocenters. The van der Waals surface area contributed by atoms with E-state index in [0.29, 0.717) is 18.5 Å². The van der Waals surface area contributed by atoms with Crippen LogP contribution in [0.2, 0.25) is 0 Å². The van der Waals surface area contributed by atoms with Crippen LogP contribution in [0.15, 0.2) is 24.3 Å². The Balaban J connectivity index is 1.89. The number of fused-ring (bicyclic) bond motifs is 1. The number of nitrogens with zero attached hydrogens (tertiary/aromatic N) is 1. The van der Waals surface area contributed by atoms with E-state index < -0.39 is 29.5 Å². The number of hydrogen-bond donors (Lipinski definition) is 1. The molecule has 1 aromatic heterocycles. The average Bonchev–Trinajstić information content (AvgIpc) is 2.88. The number of hydrogen-bond acceptors (Lipinski definition) is 4. The lowest BCUT2D eigenvalue weighted by Gasteiger charge is -2.37. The highest BCUT2D eigenvalue weighted by Gasteiger charge is 2.40. The van der Waals surface area contributed by atoms with Crippen molar-refractivity contribution in [2.75, 3.05) is 13.1 Å². The molecule has 1 aliphatic heterocycles. The number of carbonyl (C=O) groups excluding carboxylic acids is 1. The molecule has 1 saturated heterocycles. The second-order valence-corrected chi connectivity index (χ2v) is 8.55. The molecule has 1 aliphatic rings. The third-order valence-electron chi connectivity index (χ3n) is 4.54. The zero-order chi connectivity index (χ0) is 19.1. The van der Waals surface area contributed by atoms with Crippen molar-refractivity contribution in [3.63, 3.8) is 0 Å². The van der Waals surface area contributed by atoms with Crippen molar-refractivity contribution in [2.45, 2.75) is 38.7 Å². The first-order chi connectivity index (χ1) is 12.2. The molecule has 1 aromatic carbocycles. The van der Waals surface area contributed by atoms with Crippen molar-refractivity contribution < 1.29 is 23.8 Å². The Morgan fingerprint density at radius 1 is 1.31 bits per heavy atom. The molecular weight excluding hydrogens is 357 g/mol. The Kier molecular flexibility index (Phi) is 4.92. The molecule has 0 aliphatic carbocycles. The van der Waals surface area contributed by atoms with Gasteiger partial charge >= 0.3 is 12.1 Å². The van der Waals surface area contributed by atoms with E-state index in [9.17, 15) is 19.1 Å². The number of carboxylic acid groups (broad SMARTS) is 1. The quantitative estimate of drug-likeness (QED) is 0.836. The van der Waals surface area contributed by atoms with Crippen LogP contribution in [0.1, 0.15) is 38.7 Å². The highest BCUT2D eigenvalue weighted by atomic mass is 32.1. The van der Waals surface area contributed by atoms with Crippen LogP contribution in [0, 0.1) is 11.0 Å². The van der Waals surface area contributed by atoms with Crippen molar-refractivity contribution >= 4 is 33.5 Å². The molecule has 26 heavy (non-hydrogen) atoms. The predicted molar refractivity (Wildman–Crippen MR) is 98.1 cm³/mol. The molecule has 140 valence electrons. The summed E-state index contributed by atoms with van der Waals surface area (Å²) >= 11 is 1.04. The van der Waals surface area contributed by atoms with Gasteiger partial charge in [0.1, 0.15) is 5.60 Å². The maximum Gasteiger partial charge on any atom is 0.410 e. The minimum absolute atomic E-state index is 0.0124. The number of benzene rings is 1. The molecule has 7 heteroatoms.